The number of piperazine rings is 1. The van der Waals surface area contributed by atoms with Crippen LogP contribution in [0.15, 0.2) is 47.6 Å². The fourth-order valence-corrected chi connectivity index (χ4v) is 3.42. The molecule has 1 aliphatic rings. The summed E-state index contributed by atoms with van der Waals surface area (Å²) in [7, 11) is 0. The van der Waals surface area contributed by atoms with E-state index < -0.39 is 0 Å². The molecule has 2 aromatic rings. The summed E-state index contributed by atoms with van der Waals surface area (Å²) < 4.78 is 13.8. The van der Waals surface area contributed by atoms with Gasteiger partial charge in [-0.1, -0.05) is 23.7 Å². The van der Waals surface area contributed by atoms with Crippen molar-refractivity contribution in [3.8, 4) is 0 Å². The molecule has 9 heteroatoms. The van der Waals surface area contributed by atoms with Gasteiger partial charge in [-0.3, -0.25) is 9.78 Å². The topological polar surface area (TPSA) is 60.8 Å². The molecule has 1 fully saturated rings. The molecule has 6 nitrogen and oxygen atoms in total. The number of nitrogens with zero attached hydrogens (tertiary/aromatic N) is 4. The van der Waals surface area contributed by atoms with E-state index in [1.807, 2.05) is 30.0 Å². The first-order valence-corrected chi connectivity index (χ1v) is 10.1. The average molecular weight is 546 g/mol. The molecule has 0 saturated carbocycles. The van der Waals surface area contributed by atoms with Gasteiger partial charge in [-0.2, -0.15) is 0 Å². The van der Waals surface area contributed by atoms with Crippen LogP contribution in [0.25, 0.3) is 0 Å². The molecule has 3 rings (SSSR count). The fraction of sp³-hybridized carbons (Fsp3) is 0.381. The summed E-state index contributed by atoms with van der Waals surface area (Å²) in [5, 5.41) is 3.87. The van der Waals surface area contributed by atoms with Gasteiger partial charge in [0, 0.05) is 43.9 Å². The second kappa shape index (κ2) is 12.0. The van der Waals surface area contributed by atoms with Crippen LogP contribution >= 0.6 is 35.6 Å². The average Bonchev–Trinajstić information content (AvgIpc) is 2.72. The van der Waals surface area contributed by atoms with E-state index in [2.05, 4.69) is 20.2 Å². The highest BCUT2D eigenvalue weighted by atomic mass is 127. The molecule has 0 radical (unpaired) electrons. The SMILES string of the molecule is CCNC(=NCc1ncccc1F)N1CCN(C(=O)Cc2cccc(Cl)c2)CC1.I. The van der Waals surface area contributed by atoms with Crippen molar-refractivity contribution >= 4 is 47.4 Å². The van der Waals surface area contributed by atoms with Gasteiger partial charge >= 0.3 is 0 Å². The van der Waals surface area contributed by atoms with Gasteiger partial charge in [-0.25, -0.2) is 9.38 Å². The first kappa shape index (κ1) is 24.3. The third kappa shape index (κ3) is 6.80. The third-order valence-electron chi connectivity index (χ3n) is 4.72. The Morgan fingerprint density at radius 1 is 1.20 bits per heavy atom. The van der Waals surface area contributed by atoms with Crippen molar-refractivity contribution in [3.63, 3.8) is 0 Å². The highest BCUT2D eigenvalue weighted by Crippen LogP contribution is 2.13. The maximum absolute atomic E-state index is 13.8. The lowest BCUT2D eigenvalue weighted by Crippen LogP contribution is -2.54. The standard InChI is InChI=1S/C21H25ClFN5O.HI/c1-2-24-21(26-15-19-18(23)7-4-8-25-19)28-11-9-27(10-12-28)20(29)14-16-5-3-6-17(22)13-16;/h3-8,13H,2,9-12,14-15H2,1H3,(H,24,26);1H. The van der Waals surface area contributed by atoms with E-state index in [0.29, 0.717) is 55.8 Å². The largest absolute Gasteiger partial charge is 0.357 e. The summed E-state index contributed by atoms with van der Waals surface area (Å²) in [6.45, 7) is 5.42. The van der Waals surface area contributed by atoms with Gasteiger partial charge in [-0.15, -0.1) is 24.0 Å². The molecule has 30 heavy (non-hydrogen) atoms. The number of carbonyl (C=O) groups excluding carboxylic acids is 1. The van der Waals surface area contributed by atoms with Crippen molar-refractivity contribution in [1.82, 2.24) is 20.1 Å². The Labute approximate surface area is 198 Å². The summed E-state index contributed by atoms with van der Waals surface area (Å²) in [6.07, 6.45) is 1.90. The fourth-order valence-electron chi connectivity index (χ4n) is 3.21. The lowest BCUT2D eigenvalue weighted by atomic mass is 10.1. The van der Waals surface area contributed by atoms with Crippen molar-refractivity contribution in [3.05, 3.63) is 64.7 Å². The van der Waals surface area contributed by atoms with Crippen molar-refractivity contribution in [2.24, 2.45) is 4.99 Å². The number of rotatable bonds is 5. The summed E-state index contributed by atoms with van der Waals surface area (Å²) in [5.41, 5.74) is 1.23. The molecule has 0 atom stereocenters. The number of carbonyl (C=O) groups is 1. The second-order valence-corrected chi connectivity index (χ2v) is 7.21. The molecule has 1 aliphatic heterocycles. The summed E-state index contributed by atoms with van der Waals surface area (Å²) in [5.74, 6) is 0.437. The van der Waals surface area contributed by atoms with Crippen LogP contribution in [0.5, 0.6) is 0 Å². The Balaban J connectivity index is 0.00000320. The van der Waals surface area contributed by atoms with Crippen LogP contribution in [0, 0.1) is 5.82 Å². The normalized spacial score (nSPS) is 14.3. The van der Waals surface area contributed by atoms with E-state index in [0.717, 1.165) is 5.56 Å². The minimum atomic E-state index is -0.358. The molecule has 1 aromatic heterocycles. The Bertz CT molecular complexity index is 874. The Morgan fingerprint density at radius 3 is 2.60 bits per heavy atom. The van der Waals surface area contributed by atoms with Gasteiger partial charge in [-0.05, 0) is 36.8 Å². The van der Waals surface area contributed by atoms with E-state index in [-0.39, 0.29) is 42.2 Å². The molecule has 1 aromatic carbocycles. The molecule has 162 valence electrons. The molecular weight excluding hydrogens is 520 g/mol. The predicted molar refractivity (Wildman–Crippen MR) is 128 cm³/mol. The zero-order valence-corrected chi connectivity index (χ0v) is 19.9. The quantitative estimate of drug-likeness (QED) is 0.356. The monoisotopic (exact) mass is 545 g/mol. The van der Waals surface area contributed by atoms with Crippen molar-refractivity contribution in [2.75, 3.05) is 32.7 Å². The number of amides is 1. The number of halogens is 3. The number of hydrogen-bond acceptors (Lipinski definition) is 3. The molecule has 1 saturated heterocycles. The molecule has 0 spiro atoms. The maximum Gasteiger partial charge on any atom is 0.227 e. The van der Waals surface area contributed by atoms with Crippen LogP contribution in [0.4, 0.5) is 4.39 Å². The molecule has 1 amide bonds. The van der Waals surface area contributed by atoms with E-state index in [9.17, 15) is 9.18 Å². The second-order valence-electron chi connectivity index (χ2n) is 6.78. The minimum absolute atomic E-state index is 0. The Hall–Kier alpha value is -1.94. The predicted octanol–water partition coefficient (Wildman–Crippen LogP) is 3.34. The molecule has 2 heterocycles. The zero-order chi connectivity index (χ0) is 20.6. The number of aliphatic imine (C=N–C) groups is 1. The molecular formula is C21H26ClFIN5O. The third-order valence-corrected chi connectivity index (χ3v) is 4.96. The Kier molecular flexibility index (Phi) is 9.77. The maximum atomic E-state index is 13.8. The smallest absolute Gasteiger partial charge is 0.227 e. The number of guanidine groups is 1. The highest BCUT2D eigenvalue weighted by molar-refractivity contribution is 14.0. The van der Waals surface area contributed by atoms with Gasteiger partial charge in [0.2, 0.25) is 5.91 Å². The molecule has 0 unspecified atom stereocenters. The van der Waals surface area contributed by atoms with Crippen LogP contribution in [0.3, 0.4) is 0 Å². The van der Waals surface area contributed by atoms with Crippen LogP contribution in [0.1, 0.15) is 18.2 Å². The van der Waals surface area contributed by atoms with E-state index in [1.165, 1.54) is 6.07 Å². The van der Waals surface area contributed by atoms with Gasteiger partial charge in [0.15, 0.2) is 5.96 Å². The van der Waals surface area contributed by atoms with Gasteiger partial charge in [0.1, 0.15) is 5.82 Å². The van der Waals surface area contributed by atoms with Crippen LogP contribution in [0.2, 0.25) is 5.02 Å². The Morgan fingerprint density at radius 2 is 1.93 bits per heavy atom. The van der Waals surface area contributed by atoms with Crippen LogP contribution in [-0.2, 0) is 17.8 Å². The number of aromatic nitrogens is 1. The lowest BCUT2D eigenvalue weighted by Gasteiger charge is -2.36. The number of pyridine rings is 1. The van der Waals surface area contributed by atoms with Gasteiger partial charge in [0.05, 0.1) is 18.7 Å². The van der Waals surface area contributed by atoms with Gasteiger partial charge in [0.25, 0.3) is 0 Å². The summed E-state index contributed by atoms with van der Waals surface area (Å²) in [4.78, 5) is 25.1. The van der Waals surface area contributed by atoms with E-state index >= 15 is 0 Å². The highest BCUT2D eigenvalue weighted by Gasteiger charge is 2.23. The summed E-state index contributed by atoms with van der Waals surface area (Å²) in [6, 6.07) is 10.3. The number of nitrogens with one attached hydrogen (secondary N) is 1. The van der Waals surface area contributed by atoms with Crippen molar-refractivity contribution in [2.45, 2.75) is 19.9 Å². The summed E-state index contributed by atoms with van der Waals surface area (Å²) >= 11 is 6.00. The van der Waals surface area contributed by atoms with E-state index in [1.54, 1.807) is 18.3 Å². The number of hydrogen-bond donors (Lipinski definition) is 1. The molecule has 0 bridgehead atoms. The van der Waals surface area contributed by atoms with Crippen molar-refractivity contribution < 1.29 is 9.18 Å². The zero-order valence-electron chi connectivity index (χ0n) is 16.9. The van der Waals surface area contributed by atoms with Gasteiger partial charge < -0.3 is 15.1 Å². The molecule has 0 aliphatic carbocycles. The minimum Gasteiger partial charge on any atom is -0.357 e. The lowest BCUT2D eigenvalue weighted by molar-refractivity contribution is -0.131. The molecule has 1 N–H and O–H groups in total. The number of benzene rings is 1. The van der Waals surface area contributed by atoms with E-state index in [4.69, 9.17) is 11.6 Å². The van der Waals surface area contributed by atoms with Crippen LogP contribution < -0.4 is 5.32 Å². The first-order valence-electron chi connectivity index (χ1n) is 9.71. The first-order chi connectivity index (χ1) is 14.1. The van der Waals surface area contributed by atoms with Crippen molar-refractivity contribution in [1.29, 1.82) is 0 Å². The van der Waals surface area contributed by atoms with Crippen LogP contribution in [-0.4, -0.2) is 59.4 Å².